The predicted molar refractivity (Wildman–Crippen MR) is 98.8 cm³/mol. The van der Waals surface area contributed by atoms with E-state index in [4.69, 9.17) is 5.73 Å². The van der Waals surface area contributed by atoms with E-state index in [-0.39, 0.29) is 17.2 Å². The molecule has 0 radical (unpaired) electrons. The molecule has 1 heterocycles. The highest BCUT2D eigenvalue weighted by atomic mass is 16.6. The Bertz CT molecular complexity index is 1030. The van der Waals surface area contributed by atoms with E-state index in [1.165, 1.54) is 18.3 Å². The fourth-order valence-electron chi connectivity index (χ4n) is 2.31. The molecule has 0 saturated carbocycles. The summed E-state index contributed by atoms with van der Waals surface area (Å²) in [5.41, 5.74) is 6.08. The number of carbonyl (C=O) groups excluding carboxylic acids is 1. The van der Waals surface area contributed by atoms with Crippen LogP contribution in [-0.2, 0) is 0 Å². The second-order valence-corrected chi connectivity index (χ2v) is 5.41. The van der Waals surface area contributed by atoms with Crippen molar-refractivity contribution in [2.24, 2.45) is 10.7 Å². The zero-order chi connectivity index (χ0) is 19.4. The number of anilines is 2. The van der Waals surface area contributed by atoms with Crippen LogP contribution in [0.2, 0.25) is 0 Å². The van der Waals surface area contributed by atoms with Gasteiger partial charge in [-0.2, -0.15) is 5.10 Å². The summed E-state index contributed by atoms with van der Waals surface area (Å²) in [6.07, 6.45) is 1.29. The smallest absolute Gasteiger partial charge is 0.311 e. The standard InChI is InChI=1S/C17H14N6O4/c18-15(25)14-16(21-22-17(14)20-11-4-2-1-3-5-11)19-9-10-6-7-13(24)12(8-10)23(26)27/h1-9,24H,(H2,18,25)(H2,20,21,22)/b19-9+. The topological polar surface area (TPSA) is 160 Å². The van der Waals surface area contributed by atoms with Gasteiger partial charge >= 0.3 is 5.69 Å². The molecular formula is C17H14N6O4. The Kier molecular flexibility index (Phi) is 4.79. The third-order valence-corrected chi connectivity index (χ3v) is 3.57. The first-order chi connectivity index (χ1) is 13.0. The van der Waals surface area contributed by atoms with E-state index >= 15 is 0 Å². The maximum absolute atomic E-state index is 11.8. The number of aliphatic imine (C=N–C) groups is 1. The number of aromatic amines is 1. The van der Waals surface area contributed by atoms with Gasteiger partial charge in [-0.15, -0.1) is 0 Å². The van der Waals surface area contributed by atoms with Gasteiger partial charge < -0.3 is 16.2 Å². The Morgan fingerprint density at radius 2 is 2.04 bits per heavy atom. The van der Waals surface area contributed by atoms with Crippen molar-refractivity contribution in [3.8, 4) is 5.75 Å². The first kappa shape index (κ1) is 17.6. The molecule has 3 aromatic rings. The molecule has 1 aromatic heterocycles. The third-order valence-electron chi connectivity index (χ3n) is 3.57. The molecule has 0 unspecified atom stereocenters. The maximum atomic E-state index is 11.8. The Labute approximate surface area is 152 Å². The van der Waals surface area contributed by atoms with Crippen LogP contribution < -0.4 is 11.1 Å². The number of nitrogens with zero attached hydrogens (tertiary/aromatic N) is 3. The summed E-state index contributed by atoms with van der Waals surface area (Å²) < 4.78 is 0. The number of nitro groups is 1. The molecule has 0 aliphatic heterocycles. The van der Waals surface area contributed by atoms with Crippen molar-refractivity contribution in [1.82, 2.24) is 10.2 Å². The molecule has 0 spiro atoms. The zero-order valence-electron chi connectivity index (χ0n) is 13.8. The van der Waals surface area contributed by atoms with Gasteiger partial charge in [0.25, 0.3) is 5.91 Å². The molecule has 0 aliphatic carbocycles. The quantitative estimate of drug-likeness (QED) is 0.298. The first-order valence-electron chi connectivity index (χ1n) is 7.67. The number of phenols is 1. The van der Waals surface area contributed by atoms with Gasteiger partial charge in [0, 0.05) is 18.0 Å². The second-order valence-electron chi connectivity index (χ2n) is 5.41. The minimum Gasteiger partial charge on any atom is -0.502 e. The number of H-pyrrole nitrogens is 1. The van der Waals surface area contributed by atoms with E-state index in [2.05, 4.69) is 20.5 Å². The SMILES string of the molecule is NC(=O)c1c(Nc2ccccc2)n[nH]c1/N=C/c1ccc(O)c([N+](=O)[O-])c1. The molecule has 1 amide bonds. The summed E-state index contributed by atoms with van der Waals surface area (Å²) in [5, 5.41) is 29.9. The lowest BCUT2D eigenvalue weighted by atomic mass is 10.2. The molecule has 0 saturated heterocycles. The molecule has 0 aliphatic rings. The van der Waals surface area contributed by atoms with Crippen LogP contribution >= 0.6 is 0 Å². The molecule has 10 heteroatoms. The molecule has 0 bridgehead atoms. The van der Waals surface area contributed by atoms with Crippen LogP contribution in [0.4, 0.5) is 23.0 Å². The molecule has 0 atom stereocenters. The number of amides is 1. The largest absolute Gasteiger partial charge is 0.502 e. The van der Waals surface area contributed by atoms with Crippen molar-refractivity contribution in [2.45, 2.75) is 0 Å². The van der Waals surface area contributed by atoms with E-state index in [0.29, 0.717) is 11.3 Å². The average Bonchev–Trinajstić information content (AvgIpc) is 3.04. The van der Waals surface area contributed by atoms with Crippen LogP contribution in [0.5, 0.6) is 5.75 Å². The van der Waals surface area contributed by atoms with Crippen molar-refractivity contribution in [3.63, 3.8) is 0 Å². The van der Waals surface area contributed by atoms with Gasteiger partial charge in [0.15, 0.2) is 17.4 Å². The highest BCUT2D eigenvalue weighted by molar-refractivity contribution is 6.03. The number of phenolic OH excluding ortho intramolecular Hbond substituents is 1. The molecule has 0 fully saturated rings. The highest BCUT2D eigenvalue weighted by Gasteiger charge is 2.18. The minimum atomic E-state index is -0.744. The van der Waals surface area contributed by atoms with Gasteiger partial charge in [-0.05, 0) is 29.8 Å². The fraction of sp³-hybridized carbons (Fsp3) is 0. The molecule has 136 valence electrons. The van der Waals surface area contributed by atoms with E-state index in [1.54, 1.807) is 12.1 Å². The van der Waals surface area contributed by atoms with Gasteiger partial charge in [0.05, 0.1) is 4.92 Å². The number of hydrogen-bond acceptors (Lipinski definition) is 7. The molecule has 5 N–H and O–H groups in total. The summed E-state index contributed by atoms with van der Waals surface area (Å²) in [4.78, 5) is 26.1. The van der Waals surface area contributed by atoms with Crippen molar-refractivity contribution in [2.75, 3.05) is 5.32 Å². The number of carbonyl (C=O) groups is 1. The average molecular weight is 366 g/mol. The number of hydrogen-bond donors (Lipinski definition) is 4. The first-order valence-corrected chi connectivity index (χ1v) is 7.67. The van der Waals surface area contributed by atoms with Gasteiger partial charge in [-0.3, -0.25) is 20.0 Å². The Morgan fingerprint density at radius 1 is 1.30 bits per heavy atom. The third kappa shape index (κ3) is 3.90. The number of nitrogens with one attached hydrogen (secondary N) is 2. The molecule has 3 rings (SSSR count). The summed E-state index contributed by atoms with van der Waals surface area (Å²) in [6, 6.07) is 12.8. The number of primary amides is 1. The van der Waals surface area contributed by atoms with Crippen molar-refractivity contribution < 1.29 is 14.8 Å². The molecule has 2 aromatic carbocycles. The summed E-state index contributed by atoms with van der Waals surface area (Å²) in [5.74, 6) is -0.897. The lowest BCUT2D eigenvalue weighted by Gasteiger charge is -2.03. The van der Waals surface area contributed by atoms with Gasteiger partial charge in [0.1, 0.15) is 5.56 Å². The van der Waals surface area contributed by atoms with Gasteiger partial charge in [-0.1, -0.05) is 18.2 Å². The lowest BCUT2D eigenvalue weighted by molar-refractivity contribution is -0.385. The van der Waals surface area contributed by atoms with Crippen LogP contribution in [0, 0.1) is 10.1 Å². The normalized spacial score (nSPS) is 10.8. The number of nitrogens with two attached hydrogens (primary N) is 1. The van der Waals surface area contributed by atoms with Crippen molar-refractivity contribution >= 4 is 35.1 Å². The molecule has 27 heavy (non-hydrogen) atoms. The van der Waals surface area contributed by atoms with Gasteiger partial charge in [-0.25, -0.2) is 4.99 Å². The fourth-order valence-corrected chi connectivity index (χ4v) is 2.31. The Balaban J connectivity index is 1.91. The number of nitro benzene ring substituents is 1. The van der Waals surface area contributed by atoms with E-state index in [9.17, 15) is 20.0 Å². The van der Waals surface area contributed by atoms with Crippen LogP contribution in [-0.4, -0.2) is 32.3 Å². The summed E-state index contributed by atoms with van der Waals surface area (Å²) in [6.45, 7) is 0. The van der Waals surface area contributed by atoms with Crippen LogP contribution in [0.3, 0.4) is 0 Å². The minimum absolute atomic E-state index is 0.0448. The predicted octanol–water partition coefficient (Wildman–Crippen LogP) is 2.62. The monoisotopic (exact) mass is 366 g/mol. The van der Waals surface area contributed by atoms with Crippen molar-refractivity contribution in [1.29, 1.82) is 0 Å². The maximum Gasteiger partial charge on any atom is 0.311 e. The summed E-state index contributed by atoms with van der Waals surface area (Å²) >= 11 is 0. The number of para-hydroxylation sites is 1. The summed E-state index contributed by atoms with van der Waals surface area (Å²) in [7, 11) is 0. The van der Waals surface area contributed by atoms with E-state index in [0.717, 1.165) is 6.07 Å². The molecule has 10 nitrogen and oxygen atoms in total. The van der Waals surface area contributed by atoms with Crippen LogP contribution in [0.15, 0.2) is 53.5 Å². The number of benzene rings is 2. The Morgan fingerprint density at radius 3 is 2.70 bits per heavy atom. The second kappa shape index (κ2) is 7.35. The van der Waals surface area contributed by atoms with E-state index < -0.39 is 22.3 Å². The zero-order valence-corrected chi connectivity index (χ0v) is 13.8. The highest BCUT2D eigenvalue weighted by Crippen LogP contribution is 2.28. The number of rotatable bonds is 6. The number of aromatic nitrogens is 2. The van der Waals surface area contributed by atoms with Crippen molar-refractivity contribution in [3.05, 3.63) is 69.8 Å². The molecular weight excluding hydrogens is 352 g/mol. The van der Waals surface area contributed by atoms with Crippen LogP contribution in [0.25, 0.3) is 0 Å². The van der Waals surface area contributed by atoms with Crippen LogP contribution in [0.1, 0.15) is 15.9 Å². The van der Waals surface area contributed by atoms with E-state index in [1.807, 2.05) is 18.2 Å². The van der Waals surface area contributed by atoms with Gasteiger partial charge in [0.2, 0.25) is 0 Å². The lowest BCUT2D eigenvalue weighted by Crippen LogP contribution is -2.12. The Hall–Kier alpha value is -4.21. The number of aromatic hydroxyl groups is 1.